The van der Waals surface area contributed by atoms with Crippen molar-refractivity contribution in [3.63, 3.8) is 0 Å². The molecule has 0 fully saturated rings. The second-order valence-electron chi connectivity index (χ2n) is 6.64. The first kappa shape index (κ1) is 18.3. The SMILES string of the molecule is COc1ccc2[nH]cc(C(Nc3cccc(C#N)c3)c3cccc(O)c3O)c2c1. The Morgan fingerprint density at radius 1 is 1.03 bits per heavy atom. The number of methoxy groups -OCH3 is 1. The van der Waals surface area contributed by atoms with Crippen molar-refractivity contribution >= 4 is 16.6 Å². The van der Waals surface area contributed by atoms with Crippen LogP contribution in [0.3, 0.4) is 0 Å². The number of aromatic nitrogens is 1. The quantitative estimate of drug-likeness (QED) is 0.374. The van der Waals surface area contributed by atoms with Gasteiger partial charge in [0.1, 0.15) is 5.75 Å². The maximum Gasteiger partial charge on any atom is 0.163 e. The first-order valence-electron chi connectivity index (χ1n) is 9.03. The molecule has 0 saturated heterocycles. The Morgan fingerprint density at radius 3 is 2.66 bits per heavy atom. The highest BCUT2D eigenvalue weighted by molar-refractivity contribution is 5.86. The van der Waals surface area contributed by atoms with Crippen molar-refractivity contribution in [3.05, 3.63) is 83.6 Å². The van der Waals surface area contributed by atoms with Crippen LogP contribution in [0.25, 0.3) is 10.9 Å². The number of hydrogen-bond acceptors (Lipinski definition) is 5. The summed E-state index contributed by atoms with van der Waals surface area (Å²) in [5.41, 5.74) is 3.53. The number of nitriles is 1. The van der Waals surface area contributed by atoms with Crippen LogP contribution in [0.5, 0.6) is 17.2 Å². The van der Waals surface area contributed by atoms with Crippen LogP contribution in [0.4, 0.5) is 5.69 Å². The second-order valence-corrected chi connectivity index (χ2v) is 6.64. The Bertz CT molecular complexity index is 1220. The lowest BCUT2D eigenvalue weighted by Crippen LogP contribution is -2.12. The van der Waals surface area contributed by atoms with E-state index >= 15 is 0 Å². The van der Waals surface area contributed by atoms with Gasteiger partial charge in [-0.05, 0) is 42.5 Å². The molecule has 0 spiro atoms. The molecule has 29 heavy (non-hydrogen) atoms. The number of nitrogens with one attached hydrogen (secondary N) is 2. The fourth-order valence-electron chi connectivity index (χ4n) is 3.44. The summed E-state index contributed by atoms with van der Waals surface area (Å²) in [4.78, 5) is 3.24. The molecule has 0 aliphatic carbocycles. The summed E-state index contributed by atoms with van der Waals surface area (Å²) >= 11 is 0. The summed E-state index contributed by atoms with van der Waals surface area (Å²) in [5.74, 6) is 0.319. The minimum absolute atomic E-state index is 0.196. The molecule has 4 rings (SSSR count). The molecule has 144 valence electrons. The smallest absolute Gasteiger partial charge is 0.163 e. The third-order valence-corrected chi connectivity index (χ3v) is 4.89. The zero-order valence-electron chi connectivity index (χ0n) is 15.7. The molecule has 3 aromatic carbocycles. The van der Waals surface area contributed by atoms with Crippen molar-refractivity contribution in [1.29, 1.82) is 5.26 Å². The Balaban J connectivity index is 1.89. The molecule has 0 aliphatic rings. The fraction of sp³-hybridized carbons (Fsp3) is 0.0870. The van der Waals surface area contributed by atoms with Crippen molar-refractivity contribution < 1.29 is 14.9 Å². The van der Waals surface area contributed by atoms with Gasteiger partial charge in [0.15, 0.2) is 11.5 Å². The van der Waals surface area contributed by atoms with Crippen LogP contribution < -0.4 is 10.1 Å². The number of phenolic OH excluding ortho intramolecular Hbond substituents is 2. The van der Waals surface area contributed by atoms with Crippen LogP contribution in [0.1, 0.15) is 22.7 Å². The standard InChI is InChI=1S/C23H19N3O3/c1-29-16-8-9-20-18(11-16)19(13-25-20)22(17-6-3-7-21(27)23(17)28)26-15-5-2-4-14(10-15)12-24/h2-11,13,22,25-28H,1H3. The zero-order valence-corrected chi connectivity index (χ0v) is 15.7. The van der Waals surface area contributed by atoms with Gasteiger partial charge in [-0.25, -0.2) is 0 Å². The van der Waals surface area contributed by atoms with Gasteiger partial charge >= 0.3 is 0 Å². The fourth-order valence-corrected chi connectivity index (χ4v) is 3.44. The normalized spacial score (nSPS) is 11.7. The van der Waals surface area contributed by atoms with Crippen molar-refractivity contribution in [2.45, 2.75) is 6.04 Å². The summed E-state index contributed by atoms with van der Waals surface area (Å²) in [5, 5.41) is 34.1. The number of hydrogen-bond donors (Lipinski definition) is 4. The van der Waals surface area contributed by atoms with Crippen LogP contribution in [-0.4, -0.2) is 22.3 Å². The van der Waals surface area contributed by atoms with E-state index in [1.807, 2.05) is 30.5 Å². The van der Waals surface area contributed by atoms with E-state index < -0.39 is 6.04 Å². The van der Waals surface area contributed by atoms with Gasteiger partial charge in [-0.1, -0.05) is 18.2 Å². The van der Waals surface area contributed by atoms with E-state index in [1.54, 1.807) is 37.4 Å². The molecular formula is C23H19N3O3. The van der Waals surface area contributed by atoms with E-state index in [1.165, 1.54) is 6.07 Å². The number of aromatic amines is 1. The molecule has 1 atom stereocenters. The Hall–Kier alpha value is -4.11. The molecule has 0 saturated carbocycles. The zero-order chi connectivity index (χ0) is 20.4. The van der Waals surface area contributed by atoms with Gasteiger partial charge in [-0.3, -0.25) is 0 Å². The molecule has 0 amide bonds. The van der Waals surface area contributed by atoms with Gasteiger partial charge in [0.05, 0.1) is 24.8 Å². The van der Waals surface area contributed by atoms with E-state index in [9.17, 15) is 15.5 Å². The van der Waals surface area contributed by atoms with Crippen LogP contribution in [0.2, 0.25) is 0 Å². The van der Waals surface area contributed by atoms with Gasteiger partial charge in [0.2, 0.25) is 0 Å². The van der Waals surface area contributed by atoms with Crippen LogP contribution in [-0.2, 0) is 0 Å². The molecule has 1 unspecified atom stereocenters. The predicted molar refractivity (Wildman–Crippen MR) is 111 cm³/mol. The number of phenols is 2. The van der Waals surface area contributed by atoms with Crippen molar-refractivity contribution in [2.75, 3.05) is 12.4 Å². The molecule has 6 heteroatoms. The lowest BCUT2D eigenvalue weighted by Gasteiger charge is -2.22. The van der Waals surface area contributed by atoms with Crippen LogP contribution in [0, 0.1) is 11.3 Å². The molecule has 6 nitrogen and oxygen atoms in total. The number of H-pyrrole nitrogens is 1. The Labute approximate surface area is 167 Å². The van der Waals surface area contributed by atoms with Crippen molar-refractivity contribution in [1.82, 2.24) is 4.98 Å². The van der Waals surface area contributed by atoms with Crippen molar-refractivity contribution in [2.24, 2.45) is 0 Å². The average Bonchev–Trinajstić information content (AvgIpc) is 3.17. The lowest BCUT2D eigenvalue weighted by molar-refractivity contribution is 0.398. The van der Waals surface area contributed by atoms with Gasteiger partial charge < -0.3 is 25.3 Å². The first-order valence-corrected chi connectivity index (χ1v) is 9.03. The number of nitrogens with zero attached hydrogens (tertiary/aromatic N) is 1. The molecule has 4 aromatic rings. The van der Waals surface area contributed by atoms with Gasteiger partial charge in [0, 0.05) is 33.9 Å². The minimum atomic E-state index is -0.489. The largest absolute Gasteiger partial charge is 0.504 e. The number of aromatic hydroxyl groups is 2. The van der Waals surface area contributed by atoms with E-state index in [4.69, 9.17) is 4.74 Å². The summed E-state index contributed by atoms with van der Waals surface area (Å²) in [6.07, 6.45) is 1.86. The molecule has 4 N–H and O–H groups in total. The van der Waals surface area contributed by atoms with E-state index in [-0.39, 0.29) is 11.5 Å². The van der Waals surface area contributed by atoms with E-state index in [0.717, 1.165) is 16.5 Å². The molecule has 1 aromatic heterocycles. The highest BCUT2D eigenvalue weighted by atomic mass is 16.5. The number of ether oxygens (including phenoxy) is 1. The molecule has 0 bridgehead atoms. The summed E-state index contributed by atoms with van der Waals surface area (Å²) in [7, 11) is 1.61. The number of benzene rings is 3. The van der Waals surface area contributed by atoms with Gasteiger partial charge in [-0.15, -0.1) is 0 Å². The number of fused-ring (bicyclic) bond motifs is 1. The molecular weight excluding hydrogens is 366 g/mol. The maximum atomic E-state index is 10.5. The third kappa shape index (κ3) is 3.42. The Kier molecular flexibility index (Phi) is 4.71. The highest BCUT2D eigenvalue weighted by Gasteiger charge is 2.23. The van der Waals surface area contributed by atoms with Crippen LogP contribution in [0.15, 0.2) is 66.9 Å². The number of rotatable bonds is 5. The molecule has 0 aliphatic heterocycles. The Morgan fingerprint density at radius 2 is 1.86 bits per heavy atom. The van der Waals surface area contributed by atoms with Gasteiger partial charge in [-0.2, -0.15) is 5.26 Å². The first-order chi connectivity index (χ1) is 14.1. The summed E-state index contributed by atoms with van der Waals surface area (Å²) in [6.45, 7) is 0. The van der Waals surface area contributed by atoms with E-state index in [0.29, 0.717) is 22.6 Å². The maximum absolute atomic E-state index is 10.5. The number of anilines is 1. The predicted octanol–water partition coefficient (Wildman–Crippen LogP) is 4.66. The van der Waals surface area contributed by atoms with Crippen molar-refractivity contribution in [3.8, 4) is 23.3 Å². The molecule has 0 radical (unpaired) electrons. The monoisotopic (exact) mass is 385 g/mol. The number of para-hydroxylation sites is 1. The van der Waals surface area contributed by atoms with E-state index in [2.05, 4.69) is 16.4 Å². The average molecular weight is 385 g/mol. The third-order valence-electron chi connectivity index (χ3n) is 4.89. The molecule has 1 heterocycles. The van der Waals surface area contributed by atoms with Crippen LogP contribution >= 0.6 is 0 Å². The second kappa shape index (κ2) is 7.49. The highest BCUT2D eigenvalue weighted by Crippen LogP contribution is 2.40. The topological polar surface area (TPSA) is 101 Å². The summed E-state index contributed by atoms with van der Waals surface area (Å²) in [6, 6.07) is 19.3. The summed E-state index contributed by atoms with van der Waals surface area (Å²) < 4.78 is 5.36. The minimum Gasteiger partial charge on any atom is -0.504 e. The lowest BCUT2D eigenvalue weighted by atomic mass is 9.96. The van der Waals surface area contributed by atoms with Gasteiger partial charge in [0.25, 0.3) is 0 Å².